The van der Waals surface area contributed by atoms with E-state index in [-0.39, 0.29) is 0 Å². The Balaban J connectivity index is 1.96. The van der Waals surface area contributed by atoms with E-state index < -0.39 is 0 Å². The van der Waals surface area contributed by atoms with Gasteiger partial charge in [-0.25, -0.2) is 0 Å². The molecule has 3 rings (SSSR count). The lowest BCUT2D eigenvalue weighted by atomic mass is 9.69. The minimum atomic E-state index is 0.332. The van der Waals surface area contributed by atoms with Crippen LogP contribution in [-0.4, -0.2) is 5.78 Å². The molecule has 0 unspecified atom stereocenters. The van der Waals surface area contributed by atoms with Gasteiger partial charge in [-0.1, -0.05) is 42.3 Å². The van der Waals surface area contributed by atoms with Gasteiger partial charge in [0.15, 0.2) is 5.78 Å². The van der Waals surface area contributed by atoms with Gasteiger partial charge in [0.2, 0.25) is 0 Å². The van der Waals surface area contributed by atoms with Gasteiger partial charge in [0.25, 0.3) is 0 Å². The molecule has 1 saturated carbocycles. The molecule has 1 aromatic carbocycles. The zero-order valence-electron chi connectivity index (χ0n) is 10.1. The summed E-state index contributed by atoms with van der Waals surface area (Å²) in [5.74, 6) is 1.50. The minimum Gasteiger partial charge on any atom is -0.295 e. The Morgan fingerprint density at radius 2 is 1.82 bits per heavy atom. The molecule has 0 radical (unpaired) electrons. The van der Waals surface area contributed by atoms with Crippen LogP contribution >= 0.6 is 0 Å². The second kappa shape index (κ2) is 4.48. The normalized spacial score (nSPS) is 28.5. The number of benzene rings is 1. The van der Waals surface area contributed by atoms with Crippen molar-refractivity contribution in [2.75, 3.05) is 0 Å². The van der Waals surface area contributed by atoms with Crippen LogP contribution in [-0.2, 0) is 4.79 Å². The Morgan fingerprint density at radius 1 is 1.00 bits per heavy atom. The van der Waals surface area contributed by atoms with Gasteiger partial charge < -0.3 is 0 Å². The van der Waals surface area contributed by atoms with Gasteiger partial charge in [-0.2, -0.15) is 0 Å². The molecule has 0 amide bonds. The molecule has 0 spiro atoms. The summed E-state index contributed by atoms with van der Waals surface area (Å²) in [4.78, 5) is 11.6. The van der Waals surface area contributed by atoms with Crippen LogP contribution in [0.15, 0.2) is 42.0 Å². The van der Waals surface area contributed by atoms with Crippen LogP contribution in [0.4, 0.5) is 0 Å². The van der Waals surface area contributed by atoms with Gasteiger partial charge in [0.1, 0.15) is 0 Å². The molecular formula is C16H18O. The molecular weight excluding hydrogens is 208 g/mol. The molecule has 1 aromatic rings. The largest absolute Gasteiger partial charge is 0.295 e. The van der Waals surface area contributed by atoms with Crippen LogP contribution in [0.5, 0.6) is 0 Å². The van der Waals surface area contributed by atoms with Crippen molar-refractivity contribution in [1.29, 1.82) is 0 Å². The highest BCUT2D eigenvalue weighted by Gasteiger charge is 2.31. The van der Waals surface area contributed by atoms with Crippen LogP contribution in [0, 0.1) is 5.92 Å². The Bertz CT molecular complexity index is 444. The van der Waals surface area contributed by atoms with Crippen LogP contribution in [0.3, 0.4) is 0 Å². The summed E-state index contributed by atoms with van der Waals surface area (Å²) in [5, 5.41) is 0. The molecule has 2 atom stereocenters. The van der Waals surface area contributed by atoms with Gasteiger partial charge >= 0.3 is 0 Å². The second-order valence-electron chi connectivity index (χ2n) is 5.24. The van der Waals surface area contributed by atoms with Gasteiger partial charge in [-0.15, -0.1) is 0 Å². The summed E-state index contributed by atoms with van der Waals surface area (Å²) in [6.45, 7) is 0. The maximum atomic E-state index is 11.6. The molecule has 2 aliphatic carbocycles. The van der Waals surface area contributed by atoms with Crippen molar-refractivity contribution in [3.8, 4) is 0 Å². The fourth-order valence-electron chi connectivity index (χ4n) is 3.33. The quantitative estimate of drug-likeness (QED) is 0.710. The van der Waals surface area contributed by atoms with Crippen LogP contribution in [0.2, 0.25) is 0 Å². The van der Waals surface area contributed by atoms with E-state index >= 15 is 0 Å². The first-order chi connectivity index (χ1) is 8.34. The Labute approximate surface area is 103 Å². The first-order valence-corrected chi connectivity index (χ1v) is 6.64. The smallest absolute Gasteiger partial charge is 0.155 e. The monoisotopic (exact) mass is 226 g/mol. The fourth-order valence-corrected chi connectivity index (χ4v) is 3.33. The van der Waals surface area contributed by atoms with E-state index in [0.717, 1.165) is 12.8 Å². The highest BCUT2D eigenvalue weighted by Crippen LogP contribution is 2.44. The minimum absolute atomic E-state index is 0.332. The molecule has 0 aliphatic heterocycles. The lowest BCUT2D eigenvalue weighted by molar-refractivity contribution is -0.115. The second-order valence-corrected chi connectivity index (χ2v) is 5.24. The van der Waals surface area contributed by atoms with E-state index in [1.165, 1.54) is 30.4 Å². The summed E-state index contributed by atoms with van der Waals surface area (Å²) in [6.07, 6.45) is 7.58. The Kier molecular flexibility index (Phi) is 2.84. The first kappa shape index (κ1) is 10.8. The van der Waals surface area contributed by atoms with Crippen molar-refractivity contribution in [3.05, 3.63) is 47.5 Å². The molecule has 17 heavy (non-hydrogen) atoms. The van der Waals surface area contributed by atoms with Gasteiger partial charge in [-0.05, 0) is 36.8 Å². The first-order valence-electron chi connectivity index (χ1n) is 6.64. The van der Waals surface area contributed by atoms with E-state index in [0.29, 0.717) is 17.6 Å². The van der Waals surface area contributed by atoms with Gasteiger partial charge in [-0.3, -0.25) is 4.79 Å². The Morgan fingerprint density at radius 3 is 2.65 bits per heavy atom. The number of ketones is 1. The van der Waals surface area contributed by atoms with Crippen molar-refractivity contribution in [1.82, 2.24) is 0 Å². The van der Waals surface area contributed by atoms with Crippen molar-refractivity contribution >= 4 is 5.78 Å². The third kappa shape index (κ3) is 2.06. The number of carbonyl (C=O) groups is 1. The zero-order chi connectivity index (χ0) is 11.7. The van der Waals surface area contributed by atoms with Crippen LogP contribution in [0.1, 0.15) is 43.6 Å². The van der Waals surface area contributed by atoms with Crippen molar-refractivity contribution in [3.63, 3.8) is 0 Å². The van der Waals surface area contributed by atoms with Gasteiger partial charge in [0.05, 0.1) is 0 Å². The molecule has 0 saturated heterocycles. The van der Waals surface area contributed by atoms with E-state index in [1.54, 1.807) is 0 Å². The summed E-state index contributed by atoms with van der Waals surface area (Å²) >= 11 is 0. The number of fused-ring (bicyclic) bond motifs is 1. The highest BCUT2D eigenvalue weighted by atomic mass is 16.1. The van der Waals surface area contributed by atoms with Crippen molar-refractivity contribution in [2.45, 2.75) is 38.0 Å². The molecule has 0 N–H and O–H groups in total. The number of carbonyl (C=O) groups excluding carboxylic acids is 1. The highest BCUT2D eigenvalue weighted by molar-refractivity contribution is 5.91. The molecule has 0 aromatic heterocycles. The maximum absolute atomic E-state index is 11.6. The molecule has 0 heterocycles. The van der Waals surface area contributed by atoms with Crippen molar-refractivity contribution in [2.24, 2.45) is 5.92 Å². The number of rotatable bonds is 1. The molecule has 1 nitrogen and oxygen atoms in total. The summed E-state index contributed by atoms with van der Waals surface area (Å²) in [6, 6.07) is 10.7. The predicted octanol–water partition coefficient (Wildman–Crippen LogP) is 3.86. The topological polar surface area (TPSA) is 17.1 Å². The Hall–Kier alpha value is -1.37. The fraction of sp³-hybridized carbons (Fsp3) is 0.438. The predicted molar refractivity (Wildman–Crippen MR) is 68.8 cm³/mol. The average Bonchev–Trinajstić information content (AvgIpc) is 2.39. The third-order valence-electron chi connectivity index (χ3n) is 4.19. The third-order valence-corrected chi connectivity index (χ3v) is 4.19. The van der Waals surface area contributed by atoms with E-state index in [4.69, 9.17) is 0 Å². The average molecular weight is 226 g/mol. The van der Waals surface area contributed by atoms with Gasteiger partial charge in [0, 0.05) is 12.3 Å². The maximum Gasteiger partial charge on any atom is 0.155 e. The van der Waals surface area contributed by atoms with Crippen LogP contribution in [0.25, 0.3) is 0 Å². The molecule has 1 heteroatoms. The van der Waals surface area contributed by atoms with E-state index in [1.807, 2.05) is 6.08 Å². The molecule has 0 bridgehead atoms. The SMILES string of the molecule is O=C1C=C2[C@H](CCC[C@@H]2c2ccccc2)CC1. The lowest BCUT2D eigenvalue weighted by Gasteiger charge is -2.35. The van der Waals surface area contributed by atoms with Crippen molar-refractivity contribution < 1.29 is 4.79 Å². The molecule has 1 fully saturated rings. The lowest BCUT2D eigenvalue weighted by Crippen LogP contribution is -2.23. The standard InChI is InChI=1S/C16H18O/c17-14-10-9-13-7-4-8-15(16(13)11-14)12-5-2-1-3-6-12/h1-3,5-6,11,13,15H,4,7-10H2/t13-,15-/m1/s1. The summed E-state index contributed by atoms with van der Waals surface area (Å²) in [5.41, 5.74) is 2.80. The molecule has 88 valence electrons. The number of hydrogen-bond donors (Lipinski definition) is 0. The zero-order valence-corrected chi connectivity index (χ0v) is 10.1. The van der Waals surface area contributed by atoms with Crippen LogP contribution < -0.4 is 0 Å². The van der Waals surface area contributed by atoms with E-state index in [2.05, 4.69) is 30.3 Å². The number of allylic oxidation sites excluding steroid dienone is 2. The number of hydrogen-bond acceptors (Lipinski definition) is 1. The molecule has 2 aliphatic rings. The van der Waals surface area contributed by atoms with E-state index in [9.17, 15) is 4.79 Å². The summed E-state index contributed by atoms with van der Waals surface area (Å²) < 4.78 is 0. The summed E-state index contributed by atoms with van der Waals surface area (Å²) in [7, 11) is 0.